The molecule has 3 nitrogen and oxygen atoms in total. The number of rotatable bonds is 0. The molecule has 0 unspecified atom stereocenters. The molecule has 1 N–H and O–H groups in total. The van der Waals surface area contributed by atoms with E-state index in [2.05, 4.69) is 0 Å². The van der Waals surface area contributed by atoms with Crippen LogP contribution in [0.5, 0.6) is 0 Å². The summed E-state index contributed by atoms with van der Waals surface area (Å²) in [6.45, 7) is 1.07. The molecule has 1 amide bonds. The van der Waals surface area contributed by atoms with Crippen molar-refractivity contribution in [1.29, 1.82) is 0 Å². The average Bonchev–Trinajstić information content (AvgIpc) is 2.46. The number of carbonyl (C=O) groups is 1. The normalized spacial score (nSPS) is 14.5. The smallest absolute Gasteiger partial charge is 0.407 e. The van der Waals surface area contributed by atoms with E-state index >= 15 is 0 Å². The van der Waals surface area contributed by atoms with Crippen molar-refractivity contribution >= 4 is 6.09 Å². The first-order valence-corrected chi connectivity index (χ1v) is 3.82. The molecule has 3 heteroatoms. The molecule has 1 aromatic rings. The van der Waals surface area contributed by atoms with E-state index in [1.54, 1.807) is 0 Å². The van der Waals surface area contributed by atoms with Gasteiger partial charge in [-0.05, 0) is 11.1 Å². The van der Waals surface area contributed by atoms with Crippen LogP contribution in [0.1, 0.15) is 11.1 Å². The summed E-state index contributed by atoms with van der Waals surface area (Å²) in [5.41, 5.74) is 2.25. The van der Waals surface area contributed by atoms with Gasteiger partial charge in [-0.1, -0.05) is 24.3 Å². The van der Waals surface area contributed by atoms with Crippen molar-refractivity contribution in [3.8, 4) is 0 Å². The van der Waals surface area contributed by atoms with E-state index in [1.165, 1.54) is 4.90 Å². The monoisotopic (exact) mass is 163 g/mol. The summed E-state index contributed by atoms with van der Waals surface area (Å²) < 4.78 is 0. The maximum Gasteiger partial charge on any atom is 0.407 e. The quantitative estimate of drug-likeness (QED) is 0.632. The third-order valence-corrected chi connectivity index (χ3v) is 2.11. The molecule has 0 saturated heterocycles. The van der Waals surface area contributed by atoms with Gasteiger partial charge in [0.15, 0.2) is 0 Å². The second-order valence-electron chi connectivity index (χ2n) is 2.91. The first-order chi connectivity index (χ1) is 5.77. The lowest BCUT2D eigenvalue weighted by molar-refractivity contribution is 0.145. The molecule has 12 heavy (non-hydrogen) atoms. The highest BCUT2D eigenvalue weighted by Gasteiger charge is 2.21. The zero-order valence-corrected chi connectivity index (χ0v) is 6.53. The van der Waals surface area contributed by atoms with Gasteiger partial charge in [0.2, 0.25) is 0 Å². The number of hydrogen-bond acceptors (Lipinski definition) is 1. The van der Waals surface area contributed by atoms with Gasteiger partial charge in [0.05, 0.1) is 0 Å². The van der Waals surface area contributed by atoms with E-state index in [-0.39, 0.29) is 0 Å². The van der Waals surface area contributed by atoms with Gasteiger partial charge in [0, 0.05) is 13.1 Å². The highest BCUT2D eigenvalue weighted by molar-refractivity contribution is 5.66. The van der Waals surface area contributed by atoms with Gasteiger partial charge in [-0.2, -0.15) is 0 Å². The second kappa shape index (κ2) is 2.52. The minimum atomic E-state index is -0.841. The largest absolute Gasteiger partial charge is 0.465 e. The SMILES string of the molecule is O=C(O)N1Cc2ccccc2C1. The summed E-state index contributed by atoms with van der Waals surface area (Å²) in [5, 5.41) is 8.71. The molecular formula is C9H9NO2. The van der Waals surface area contributed by atoms with E-state index in [0.717, 1.165) is 11.1 Å². The summed E-state index contributed by atoms with van der Waals surface area (Å²) in [6.07, 6.45) is -0.841. The topological polar surface area (TPSA) is 40.5 Å². The lowest BCUT2D eigenvalue weighted by Crippen LogP contribution is -2.22. The van der Waals surface area contributed by atoms with Crippen molar-refractivity contribution in [3.05, 3.63) is 35.4 Å². The zero-order chi connectivity index (χ0) is 8.55. The van der Waals surface area contributed by atoms with Crippen LogP contribution in [-0.2, 0) is 13.1 Å². The summed E-state index contributed by atoms with van der Waals surface area (Å²) in [4.78, 5) is 12.0. The highest BCUT2D eigenvalue weighted by Crippen LogP contribution is 2.21. The summed E-state index contributed by atoms with van der Waals surface area (Å²) in [7, 11) is 0. The van der Waals surface area contributed by atoms with Crippen LogP contribution in [0.15, 0.2) is 24.3 Å². The van der Waals surface area contributed by atoms with Crippen LogP contribution >= 0.6 is 0 Å². The molecule has 62 valence electrons. The van der Waals surface area contributed by atoms with Crippen molar-refractivity contribution in [2.24, 2.45) is 0 Å². The summed E-state index contributed by atoms with van der Waals surface area (Å²) in [6, 6.07) is 7.81. The Labute approximate surface area is 70.2 Å². The predicted octanol–water partition coefficient (Wildman–Crippen LogP) is 1.68. The van der Waals surface area contributed by atoms with Crippen LogP contribution in [0, 0.1) is 0 Å². The number of nitrogens with zero attached hydrogens (tertiary/aromatic N) is 1. The number of amides is 1. The van der Waals surface area contributed by atoms with Crippen LogP contribution in [0.4, 0.5) is 4.79 Å². The Kier molecular flexibility index (Phi) is 1.50. The molecule has 0 atom stereocenters. The zero-order valence-electron chi connectivity index (χ0n) is 6.53. The molecule has 1 aliphatic heterocycles. The fourth-order valence-electron chi connectivity index (χ4n) is 1.47. The van der Waals surface area contributed by atoms with Gasteiger partial charge in [0.1, 0.15) is 0 Å². The van der Waals surface area contributed by atoms with E-state index in [4.69, 9.17) is 5.11 Å². The molecule has 0 spiro atoms. The highest BCUT2D eigenvalue weighted by atomic mass is 16.4. The van der Waals surface area contributed by atoms with Gasteiger partial charge in [-0.3, -0.25) is 4.90 Å². The van der Waals surface area contributed by atoms with Crippen molar-refractivity contribution in [3.63, 3.8) is 0 Å². The fraction of sp³-hybridized carbons (Fsp3) is 0.222. The van der Waals surface area contributed by atoms with Crippen molar-refractivity contribution in [1.82, 2.24) is 4.90 Å². The summed E-state index contributed by atoms with van der Waals surface area (Å²) in [5.74, 6) is 0. The van der Waals surface area contributed by atoms with E-state index in [1.807, 2.05) is 24.3 Å². The van der Waals surface area contributed by atoms with Gasteiger partial charge in [-0.15, -0.1) is 0 Å². The standard InChI is InChI=1S/C9H9NO2/c11-9(12)10-5-7-3-1-2-4-8(7)6-10/h1-4H,5-6H2,(H,11,12). The van der Waals surface area contributed by atoms with Crippen molar-refractivity contribution < 1.29 is 9.90 Å². The maximum absolute atomic E-state index is 10.6. The Bertz CT molecular complexity index is 297. The first kappa shape index (κ1) is 7.16. The molecule has 1 aromatic carbocycles. The minimum Gasteiger partial charge on any atom is -0.465 e. The molecule has 0 fully saturated rings. The molecule has 0 bridgehead atoms. The molecule has 1 aliphatic rings. The van der Waals surface area contributed by atoms with E-state index < -0.39 is 6.09 Å². The van der Waals surface area contributed by atoms with Crippen molar-refractivity contribution in [2.75, 3.05) is 0 Å². The molecule has 2 rings (SSSR count). The van der Waals surface area contributed by atoms with Crippen LogP contribution in [-0.4, -0.2) is 16.1 Å². The minimum absolute atomic E-state index is 0.533. The molecule has 0 aliphatic carbocycles. The van der Waals surface area contributed by atoms with Gasteiger partial charge < -0.3 is 5.11 Å². The average molecular weight is 163 g/mol. The van der Waals surface area contributed by atoms with Crippen LogP contribution in [0.2, 0.25) is 0 Å². The van der Waals surface area contributed by atoms with E-state index in [9.17, 15) is 4.79 Å². The third kappa shape index (κ3) is 1.03. The number of fused-ring (bicyclic) bond motifs is 1. The number of benzene rings is 1. The number of carboxylic acid groups (broad SMARTS) is 1. The third-order valence-electron chi connectivity index (χ3n) is 2.11. The fourth-order valence-corrected chi connectivity index (χ4v) is 1.47. The van der Waals surface area contributed by atoms with Gasteiger partial charge in [0.25, 0.3) is 0 Å². The molecule has 0 radical (unpaired) electrons. The van der Waals surface area contributed by atoms with Gasteiger partial charge in [-0.25, -0.2) is 4.79 Å². The Morgan fingerprint density at radius 3 is 2.17 bits per heavy atom. The molecular weight excluding hydrogens is 154 g/mol. The number of hydrogen-bond donors (Lipinski definition) is 1. The maximum atomic E-state index is 10.6. The summed E-state index contributed by atoms with van der Waals surface area (Å²) >= 11 is 0. The Morgan fingerprint density at radius 1 is 1.25 bits per heavy atom. The van der Waals surface area contributed by atoms with Crippen molar-refractivity contribution in [2.45, 2.75) is 13.1 Å². The first-order valence-electron chi connectivity index (χ1n) is 3.82. The second-order valence-corrected chi connectivity index (χ2v) is 2.91. The van der Waals surface area contributed by atoms with Gasteiger partial charge >= 0.3 is 6.09 Å². The molecule has 0 aromatic heterocycles. The predicted molar refractivity (Wildman–Crippen MR) is 43.7 cm³/mol. The lowest BCUT2D eigenvalue weighted by Gasteiger charge is -2.08. The lowest BCUT2D eigenvalue weighted by atomic mass is 10.1. The van der Waals surface area contributed by atoms with Crippen LogP contribution in [0.3, 0.4) is 0 Å². The van der Waals surface area contributed by atoms with Crippen LogP contribution in [0.25, 0.3) is 0 Å². The Balaban J connectivity index is 2.27. The van der Waals surface area contributed by atoms with Crippen LogP contribution < -0.4 is 0 Å². The molecule has 1 heterocycles. The Morgan fingerprint density at radius 2 is 1.75 bits per heavy atom. The molecule has 0 saturated carbocycles. The Hall–Kier alpha value is -1.51. The van der Waals surface area contributed by atoms with E-state index in [0.29, 0.717) is 13.1 Å².